The molecule has 0 spiro atoms. The lowest BCUT2D eigenvalue weighted by atomic mass is 9.93. The Balaban J connectivity index is 2.41. The van der Waals surface area contributed by atoms with Crippen LogP contribution in [0.3, 0.4) is 0 Å². The Morgan fingerprint density at radius 1 is 1.25 bits per heavy atom. The molecule has 1 N–H and O–H groups in total. The van der Waals surface area contributed by atoms with Crippen molar-refractivity contribution < 1.29 is 13.5 Å². The van der Waals surface area contributed by atoms with Crippen LogP contribution in [0.2, 0.25) is 10.0 Å². The van der Waals surface area contributed by atoms with Gasteiger partial charge in [0.05, 0.1) is 21.6 Å². The van der Waals surface area contributed by atoms with Gasteiger partial charge in [-0.1, -0.05) is 29.3 Å². The second kappa shape index (κ2) is 3.88. The Bertz CT molecular complexity index is 527. The molecule has 1 aromatic rings. The molecule has 6 heteroatoms. The Labute approximate surface area is 104 Å². The molecular weight excluding hydrogens is 271 g/mol. The molecule has 0 aromatic heterocycles. The summed E-state index contributed by atoms with van der Waals surface area (Å²) in [6.45, 7) is 0. The maximum Gasteiger partial charge on any atom is 0.153 e. The minimum absolute atomic E-state index is 0.00372. The molecule has 1 fully saturated rings. The van der Waals surface area contributed by atoms with Gasteiger partial charge < -0.3 is 5.11 Å². The van der Waals surface area contributed by atoms with Gasteiger partial charge in [0.1, 0.15) is 5.60 Å². The fourth-order valence-corrected chi connectivity index (χ4v) is 3.98. The lowest BCUT2D eigenvalue weighted by molar-refractivity contribution is 0.0653. The number of aliphatic hydroxyl groups is 1. The van der Waals surface area contributed by atoms with Gasteiger partial charge in [-0.05, 0) is 24.1 Å². The quantitative estimate of drug-likeness (QED) is 0.856. The van der Waals surface area contributed by atoms with Gasteiger partial charge >= 0.3 is 0 Å². The van der Waals surface area contributed by atoms with Crippen LogP contribution >= 0.6 is 23.2 Å². The van der Waals surface area contributed by atoms with Crippen LogP contribution in [0.1, 0.15) is 12.0 Å². The summed E-state index contributed by atoms with van der Waals surface area (Å²) in [6.07, 6.45) is 0.202. The van der Waals surface area contributed by atoms with E-state index >= 15 is 0 Å². The minimum atomic E-state index is -3.15. The Kier molecular flexibility index (Phi) is 2.95. The third-order valence-electron chi connectivity index (χ3n) is 2.74. The van der Waals surface area contributed by atoms with Crippen molar-refractivity contribution in [2.45, 2.75) is 12.0 Å². The van der Waals surface area contributed by atoms with Gasteiger partial charge in [0.2, 0.25) is 0 Å². The second-order valence-corrected chi connectivity index (χ2v) is 7.00. The second-order valence-electron chi connectivity index (χ2n) is 4.00. The van der Waals surface area contributed by atoms with Crippen LogP contribution < -0.4 is 0 Å². The molecule has 88 valence electrons. The third-order valence-corrected chi connectivity index (χ3v) is 5.22. The number of benzene rings is 1. The summed E-state index contributed by atoms with van der Waals surface area (Å²) in [4.78, 5) is 0. The van der Waals surface area contributed by atoms with Crippen molar-refractivity contribution in [2.24, 2.45) is 0 Å². The van der Waals surface area contributed by atoms with Crippen LogP contribution in [0.4, 0.5) is 0 Å². The summed E-state index contributed by atoms with van der Waals surface area (Å²) in [7, 11) is -3.15. The van der Waals surface area contributed by atoms with Gasteiger partial charge in [-0.25, -0.2) is 8.42 Å². The highest BCUT2D eigenvalue weighted by Gasteiger charge is 2.42. The molecule has 0 radical (unpaired) electrons. The first-order chi connectivity index (χ1) is 7.32. The molecule has 3 nitrogen and oxygen atoms in total. The van der Waals surface area contributed by atoms with Crippen LogP contribution in [0.5, 0.6) is 0 Å². The topological polar surface area (TPSA) is 54.4 Å². The molecule has 0 aliphatic carbocycles. The number of halogens is 2. The van der Waals surface area contributed by atoms with E-state index in [-0.39, 0.29) is 17.9 Å². The van der Waals surface area contributed by atoms with Gasteiger partial charge in [-0.3, -0.25) is 0 Å². The van der Waals surface area contributed by atoms with Gasteiger partial charge in [-0.15, -0.1) is 0 Å². The maximum atomic E-state index is 11.4. The van der Waals surface area contributed by atoms with Crippen LogP contribution in [0, 0.1) is 0 Å². The standard InChI is InChI=1S/C10H10Cl2O3S/c11-8-2-1-7(5-9(8)12)10(13)3-4-16(14,15)6-10/h1-2,5,13H,3-4,6H2. The molecule has 1 unspecified atom stereocenters. The molecule has 1 atom stereocenters. The number of rotatable bonds is 1. The molecule has 1 aliphatic rings. The predicted molar refractivity (Wildman–Crippen MR) is 63.6 cm³/mol. The number of hydrogen-bond donors (Lipinski definition) is 1. The fraction of sp³-hybridized carbons (Fsp3) is 0.400. The average molecular weight is 281 g/mol. The summed E-state index contributed by atoms with van der Waals surface area (Å²) in [6, 6.07) is 4.68. The molecule has 1 aromatic carbocycles. The van der Waals surface area contributed by atoms with E-state index in [0.717, 1.165) is 0 Å². The largest absolute Gasteiger partial charge is 0.384 e. The van der Waals surface area contributed by atoms with Crippen LogP contribution in [0.15, 0.2) is 18.2 Å². The SMILES string of the molecule is O=S1(=O)CCC(O)(c2ccc(Cl)c(Cl)c2)C1. The van der Waals surface area contributed by atoms with E-state index in [4.69, 9.17) is 23.2 Å². The van der Waals surface area contributed by atoms with Gasteiger partial charge in [0.15, 0.2) is 9.84 Å². The molecule has 2 rings (SSSR count). The Morgan fingerprint density at radius 2 is 1.94 bits per heavy atom. The van der Waals surface area contributed by atoms with Crippen molar-refractivity contribution in [1.29, 1.82) is 0 Å². The van der Waals surface area contributed by atoms with Crippen molar-refractivity contribution in [2.75, 3.05) is 11.5 Å². The Morgan fingerprint density at radius 3 is 2.44 bits per heavy atom. The lowest BCUT2D eigenvalue weighted by Gasteiger charge is -2.21. The van der Waals surface area contributed by atoms with E-state index in [2.05, 4.69) is 0 Å². The highest BCUT2D eigenvalue weighted by molar-refractivity contribution is 7.91. The normalized spacial score (nSPS) is 28.2. The van der Waals surface area contributed by atoms with Crippen molar-refractivity contribution in [3.63, 3.8) is 0 Å². The zero-order valence-corrected chi connectivity index (χ0v) is 10.6. The number of hydrogen-bond acceptors (Lipinski definition) is 3. The van der Waals surface area contributed by atoms with Crippen molar-refractivity contribution >= 4 is 33.0 Å². The molecule has 0 saturated carbocycles. The summed E-state index contributed by atoms with van der Waals surface area (Å²) in [5, 5.41) is 10.9. The van der Waals surface area contributed by atoms with Crippen molar-refractivity contribution in [3.05, 3.63) is 33.8 Å². The average Bonchev–Trinajstić information content (AvgIpc) is 2.47. The van der Waals surface area contributed by atoms with Crippen LogP contribution in [-0.4, -0.2) is 25.0 Å². The predicted octanol–water partition coefficient (Wildman–Crippen LogP) is 2.00. The first kappa shape index (κ1) is 12.2. The molecule has 16 heavy (non-hydrogen) atoms. The number of sulfone groups is 1. The molecule has 0 bridgehead atoms. The van der Waals surface area contributed by atoms with E-state index in [1.807, 2.05) is 0 Å². The van der Waals surface area contributed by atoms with Crippen LogP contribution in [-0.2, 0) is 15.4 Å². The smallest absolute Gasteiger partial charge is 0.153 e. The molecule has 1 aliphatic heterocycles. The monoisotopic (exact) mass is 280 g/mol. The molecule has 1 saturated heterocycles. The van der Waals surface area contributed by atoms with Crippen molar-refractivity contribution in [3.8, 4) is 0 Å². The highest BCUT2D eigenvalue weighted by Crippen LogP contribution is 2.36. The molecular formula is C10H10Cl2O3S. The summed E-state index contributed by atoms with van der Waals surface area (Å²) in [5.41, 5.74) is -0.824. The minimum Gasteiger partial charge on any atom is -0.384 e. The van der Waals surface area contributed by atoms with Gasteiger partial charge in [0, 0.05) is 0 Å². The fourth-order valence-electron chi connectivity index (χ4n) is 1.85. The summed E-state index contributed by atoms with van der Waals surface area (Å²) in [5.74, 6) is -0.248. The summed E-state index contributed by atoms with van der Waals surface area (Å²) >= 11 is 11.6. The van der Waals surface area contributed by atoms with Gasteiger partial charge in [-0.2, -0.15) is 0 Å². The summed E-state index contributed by atoms with van der Waals surface area (Å²) < 4.78 is 22.7. The molecule has 1 heterocycles. The zero-order valence-electron chi connectivity index (χ0n) is 8.28. The van der Waals surface area contributed by atoms with Gasteiger partial charge in [0.25, 0.3) is 0 Å². The maximum absolute atomic E-state index is 11.4. The Hall–Kier alpha value is -0.290. The van der Waals surface area contributed by atoms with E-state index in [1.54, 1.807) is 12.1 Å². The highest BCUT2D eigenvalue weighted by atomic mass is 35.5. The van der Waals surface area contributed by atoms with E-state index in [9.17, 15) is 13.5 Å². The lowest BCUT2D eigenvalue weighted by Crippen LogP contribution is -2.26. The van der Waals surface area contributed by atoms with Crippen molar-refractivity contribution in [1.82, 2.24) is 0 Å². The first-order valence-corrected chi connectivity index (χ1v) is 7.28. The van der Waals surface area contributed by atoms with E-state index in [1.165, 1.54) is 6.07 Å². The first-order valence-electron chi connectivity index (χ1n) is 4.71. The third kappa shape index (κ3) is 2.20. The zero-order chi connectivity index (χ0) is 12.0. The van der Waals surface area contributed by atoms with E-state index in [0.29, 0.717) is 15.6 Å². The van der Waals surface area contributed by atoms with E-state index < -0.39 is 15.4 Å². The molecule has 0 amide bonds. The van der Waals surface area contributed by atoms with Crippen LogP contribution in [0.25, 0.3) is 0 Å².